The fraction of sp³-hybridized carbons (Fsp3) is 0.143. The summed E-state index contributed by atoms with van der Waals surface area (Å²) >= 11 is 1.44. The topological polar surface area (TPSA) is 64.8 Å². The lowest BCUT2D eigenvalue weighted by molar-refractivity contribution is 0.0983. The van der Waals surface area contributed by atoms with Gasteiger partial charge in [0.15, 0.2) is 5.13 Å². The fourth-order valence-electron chi connectivity index (χ4n) is 2.83. The van der Waals surface area contributed by atoms with Crippen molar-refractivity contribution in [2.24, 2.45) is 0 Å². The molecule has 0 aliphatic rings. The molecular formula is C21H18N2O4S. The van der Waals surface area contributed by atoms with Gasteiger partial charge in [-0.2, -0.15) is 0 Å². The van der Waals surface area contributed by atoms with E-state index >= 15 is 0 Å². The number of aromatic nitrogens is 1. The third-order valence-electron chi connectivity index (χ3n) is 4.27. The van der Waals surface area contributed by atoms with Crippen LogP contribution < -0.4 is 14.4 Å². The summed E-state index contributed by atoms with van der Waals surface area (Å²) in [7, 11) is 3.19. The average molecular weight is 394 g/mol. The van der Waals surface area contributed by atoms with Gasteiger partial charge in [-0.3, -0.25) is 9.69 Å². The molecule has 0 saturated carbocycles. The van der Waals surface area contributed by atoms with Gasteiger partial charge in [0, 0.05) is 11.6 Å². The van der Waals surface area contributed by atoms with Crippen LogP contribution >= 0.6 is 11.3 Å². The quantitative estimate of drug-likeness (QED) is 0.472. The highest BCUT2D eigenvalue weighted by molar-refractivity contribution is 7.22. The Bertz CT molecular complexity index is 1100. The third kappa shape index (κ3) is 3.57. The average Bonchev–Trinajstić information content (AvgIpc) is 3.40. The first-order chi connectivity index (χ1) is 13.7. The zero-order valence-corrected chi connectivity index (χ0v) is 16.2. The molecule has 1 amide bonds. The van der Waals surface area contributed by atoms with Gasteiger partial charge in [0.05, 0.1) is 37.2 Å². The fourth-order valence-corrected chi connectivity index (χ4v) is 3.78. The highest BCUT2D eigenvalue weighted by atomic mass is 32.1. The number of carbonyl (C=O) groups excluding carboxylic acids is 1. The molecule has 28 heavy (non-hydrogen) atoms. The molecule has 2 aromatic carbocycles. The van der Waals surface area contributed by atoms with E-state index in [1.54, 1.807) is 55.7 Å². The second-order valence-electron chi connectivity index (χ2n) is 6.03. The summed E-state index contributed by atoms with van der Waals surface area (Å²) in [5.74, 6) is 1.84. The van der Waals surface area contributed by atoms with E-state index in [2.05, 4.69) is 4.98 Å². The molecule has 0 fully saturated rings. The number of fused-ring (bicyclic) bond motifs is 1. The molecule has 2 heterocycles. The summed E-state index contributed by atoms with van der Waals surface area (Å²) < 4.78 is 17.0. The number of nitrogens with zero attached hydrogens (tertiary/aromatic N) is 2. The maximum absolute atomic E-state index is 13.3. The van der Waals surface area contributed by atoms with E-state index < -0.39 is 0 Å². The molecule has 0 spiro atoms. The molecule has 2 aromatic heterocycles. The second kappa shape index (κ2) is 7.74. The number of ether oxygens (including phenoxy) is 2. The predicted octanol–water partition coefficient (Wildman–Crippen LogP) is 4.75. The minimum Gasteiger partial charge on any atom is -0.497 e. The molecule has 6 nitrogen and oxygen atoms in total. The molecular weight excluding hydrogens is 376 g/mol. The van der Waals surface area contributed by atoms with E-state index in [9.17, 15) is 4.79 Å². The van der Waals surface area contributed by atoms with E-state index in [0.29, 0.717) is 22.2 Å². The maximum Gasteiger partial charge on any atom is 0.260 e. The largest absolute Gasteiger partial charge is 0.497 e. The number of rotatable bonds is 6. The van der Waals surface area contributed by atoms with Gasteiger partial charge in [-0.05, 0) is 42.5 Å². The highest BCUT2D eigenvalue weighted by Crippen LogP contribution is 2.33. The number of hydrogen-bond acceptors (Lipinski definition) is 6. The van der Waals surface area contributed by atoms with Crippen molar-refractivity contribution in [3.63, 3.8) is 0 Å². The Morgan fingerprint density at radius 2 is 1.89 bits per heavy atom. The van der Waals surface area contributed by atoms with Crippen LogP contribution in [0.25, 0.3) is 10.2 Å². The standard InChI is InChI=1S/C21H18N2O4S/c1-25-15-6-3-5-14(11-15)20(24)23(13-17-7-4-10-27-17)21-22-18-12-16(26-2)8-9-19(18)28-21/h3-12H,13H2,1-2H3. The first kappa shape index (κ1) is 18.1. The zero-order chi connectivity index (χ0) is 19.5. The maximum atomic E-state index is 13.3. The molecule has 0 saturated heterocycles. The number of amides is 1. The number of carbonyl (C=O) groups is 1. The van der Waals surface area contributed by atoms with E-state index in [-0.39, 0.29) is 12.5 Å². The molecule has 7 heteroatoms. The van der Waals surface area contributed by atoms with Gasteiger partial charge >= 0.3 is 0 Å². The van der Waals surface area contributed by atoms with Crippen LogP contribution in [-0.2, 0) is 6.54 Å². The van der Waals surface area contributed by atoms with E-state index in [4.69, 9.17) is 13.9 Å². The molecule has 0 aliphatic heterocycles. The zero-order valence-electron chi connectivity index (χ0n) is 15.4. The lowest BCUT2D eigenvalue weighted by Gasteiger charge is -2.19. The minimum absolute atomic E-state index is 0.179. The Hall–Kier alpha value is -3.32. The summed E-state index contributed by atoms with van der Waals surface area (Å²) in [5, 5.41) is 0.590. The molecule has 0 N–H and O–H groups in total. The van der Waals surface area contributed by atoms with Crippen LogP contribution in [0.15, 0.2) is 65.3 Å². The molecule has 4 rings (SSSR count). The van der Waals surface area contributed by atoms with Crippen molar-refractivity contribution < 1.29 is 18.7 Å². The highest BCUT2D eigenvalue weighted by Gasteiger charge is 2.23. The van der Waals surface area contributed by atoms with E-state index in [1.165, 1.54) is 11.3 Å². The van der Waals surface area contributed by atoms with Crippen LogP contribution in [0.5, 0.6) is 11.5 Å². The summed E-state index contributed by atoms with van der Waals surface area (Å²) in [6.45, 7) is 0.278. The summed E-state index contributed by atoms with van der Waals surface area (Å²) in [6, 6.07) is 16.4. The molecule has 0 unspecified atom stereocenters. The molecule has 0 bridgehead atoms. The molecule has 0 aliphatic carbocycles. The Morgan fingerprint density at radius 3 is 2.64 bits per heavy atom. The van der Waals surface area contributed by atoms with Crippen molar-refractivity contribution in [2.75, 3.05) is 19.1 Å². The molecule has 0 radical (unpaired) electrons. The van der Waals surface area contributed by atoms with Gasteiger partial charge in [-0.15, -0.1) is 0 Å². The number of thiazole rings is 1. The van der Waals surface area contributed by atoms with Crippen LogP contribution in [0.2, 0.25) is 0 Å². The molecule has 4 aromatic rings. The van der Waals surface area contributed by atoms with Gasteiger partial charge in [0.2, 0.25) is 0 Å². The first-order valence-electron chi connectivity index (χ1n) is 8.61. The number of anilines is 1. The first-order valence-corrected chi connectivity index (χ1v) is 9.42. The van der Waals surface area contributed by atoms with E-state index in [0.717, 1.165) is 16.0 Å². The van der Waals surface area contributed by atoms with Crippen molar-refractivity contribution in [1.82, 2.24) is 4.98 Å². The normalized spacial score (nSPS) is 10.8. The van der Waals surface area contributed by atoms with Crippen molar-refractivity contribution in [3.05, 3.63) is 72.2 Å². The van der Waals surface area contributed by atoms with E-state index in [1.807, 2.05) is 24.3 Å². The van der Waals surface area contributed by atoms with Gasteiger partial charge in [-0.25, -0.2) is 4.98 Å². The van der Waals surface area contributed by atoms with Crippen molar-refractivity contribution in [2.45, 2.75) is 6.54 Å². The monoisotopic (exact) mass is 394 g/mol. The van der Waals surface area contributed by atoms with Crippen molar-refractivity contribution in [1.29, 1.82) is 0 Å². The Balaban J connectivity index is 1.75. The van der Waals surface area contributed by atoms with Crippen molar-refractivity contribution >= 4 is 32.6 Å². The van der Waals surface area contributed by atoms with Crippen LogP contribution in [0.1, 0.15) is 16.1 Å². The number of methoxy groups -OCH3 is 2. The van der Waals surface area contributed by atoms with Crippen LogP contribution in [-0.4, -0.2) is 25.1 Å². The van der Waals surface area contributed by atoms with Crippen molar-refractivity contribution in [3.8, 4) is 11.5 Å². The number of hydrogen-bond donors (Lipinski definition) is 0. The van der Waals surface area contributed by atoms with Gasteiger partial charge in [0.25, 0.3) is 5.91 Å². The van der Waals surface area contributed by atoms with Crippen LogP contribution in [0.4, 0.5) is 5.13 Å². The number of furan rings is 1. The SMILES string of the molecule is COc1cccc(C(=O)N(Cc2ccco2)c2nc3cc(OC)ccc3s2)c1. The summed E-state index contributed by atoms with van der Waals surface area (Å²) in [6.07, 6.45) is 1.59. The lowest BCUT2D eigenvalue weighted by Crippen LogP contribution is -2.30. The Kier molecular flexibility index (Phi) is 4.99. The number of benzene rings is 2. The van der Waals surface area contributed by atoms with Crippen LogP contribution in [0.3, 0.4) is 0 Å². The summed E-state index contributed by atoms with van der Waals surface area (Å²) in [4.78, 5) is 19.6. The minimum atomic E-state index is -0.179. The molecule has 0 atom stereocenters. The lowest BCUT2D eigenvalue weighted by atomic mass is 10.2. The Morgan fingerprint density at radius 1 is 1.07 bits per heavy atom. The van der Waals surface area contributed by atoms with Gasteiger partial charge in [-0.1, -0.05) is 17.4 Å². The summed E-state index contributed by atoms with van der Waals surface area (Å²) in [5.41, 5.74) is 1.30. The second-order valence-corrected chi connectivity index (χ2v) is 7.04. The predicted molar refractivity (Wildman–Crippen MR) is 108 cm³/mol. The van der Waals surface area contributed by atoms with Crippen LogP contribution in [0, 0.1) is 0 Å². The van der Waals surface area contributed by atoms with Gasteiger partial charge < -0.3 is 13.9 Å². The smallest absolute Gasteiger partial charge is 0.260 e. The molecule has 142 valence electrons. The third-order valence-corrected chi connectivity index (χ3v) is 5.33. The van der Waals surface area contributed by atoms with Gasteiger partial charge in [0.1, 0.15) is 17.3 Å². The Labute approximate surface area is 165 Å².